The van der Waals surface area contributed by atoms with Gasteiger partial charge in [-0.2, -0.15) is 0 Å². The van der Waals surface area contributed by atoms with Crippen LogP contribution < -0.4 is 5.32 Å². The van der Waals surface area contributed by atoms with Crippen LogP contribution in [0.2, 0.25) is 0 Å². The van der Waals surface area contributed by atoms with E-state index in [4.69, 9.17) is 13.8 Å². The van der Waals surface area contributed by atoms with Crippen LogP contribution in [0.1, 0.15) is 316 Å². The Balaban J connectivity index is 5.17. The lowest BCUT2D eigenvalue weighted by molar-refractivity contribution is -0.870. The summed E-state index contributed by atoms with van der Waals surface area (Å²) in [6.07, 6.45) is 59.2. The van der Waals surface area contributed by atoms with Crippen molar-refractivity contribution in [1.29, 1.82) is 0 Å². The standard InChI is InChI=1S/C61H121N2O7P/c1-7-10-13-16-19-22-25-27-29-30-31-32-34-36-39-42-45-48-51-54-61(65)70-59(52-49-46-43-40-37-24-21-18-15-12-9-3)58(57-69-71(66,67)68-56-55-63(4,5)6)62-60(64)53-50-47-44-41-38-35-33-28-26-23-20-17-14-11-8-2/h49,52,58-59H,7-48,50-51,53-57H2,1-6H3,(H-,62,64,66,67)/p+1/b52-49+. The number of esters is 1. The number of rotatable bonds is 57. The number of ether oxygens (including phenoxy) is 1. The van der Waals surface area contributed by atoms with Crippen LogP contribution in [-0.4, -0.2) is 74.3 Å². The number of nitrogens with one attached hydrogen (secondary N) is 1. The van der Waals surface area contributed by atoms with E-state index in [1.807, 2.05) is 33.3 Å². The van der Waals surface area contributed by atoms with Crippen LogP contribution in [-0.2, 0) is 27.9 Å². The molecule has 3 unspecified atom stereocenters. The highest BCUT2D eigenvalue weighted by atomic mass is 31.2. The normalized spacial score (nSPS) is 13.7. The van der Waals surface area contributed by atoms with Crippen molar-refractivity contribution in [3.8, 4) is 0 Å². The Morgan fingerprint density at radius 3 is 1.15 bits per heavy atom. The minimum Gasteiger partial charge on any atom is -0.456 e. The summed E-state index contributed by atoms with van der Waals surface area (Å²) in [5.74, 6) is -0.484. The Kier molecular flexibility index (Phi) is 51.3. The third-order valence-corrected chi connectivity index (χ3v) is 15.2. The summed E-state index contributed by atoms with van der Waals surface area (Å²) in [5, 5.41) is 3.06. The summed E-state index contributed by atoms with van der Waals surface area (Å²) >= 11 is 0. The molecule has 0 saturated heterocycles. The first kappa shape index (κ1) is 69.8. The maximum atomic E-state index is 13.5. The molecular formula is C61H122N2O7P+. The molecular weight excluding hydrogens is 904 g/mol. The minimum atomic E-state index is -4.44. The maximum absolute atomic E-state index is 13.5. The second-order valence-corrected chi connectivity index (χ2v) is 24.1. The van der Waals surface area contributed by atoms with Gasteiger partial charge in [0.15, 0.2) is 0 Å². The SMILES string of the molecule is CCCCCCCCCCC/C=C/C(OC(=O)CCCCCCCCCCCCCCCCCCCCC)C(COP(=O)(O)OCC[N+](C)(C)C)NC(=O)CCCCCCCCCCCCCCCCC. The number of likely N-dealkylation sites (N-methyl/N-ethyl adjacent to an activating group) is 1. The quantitative estimate of drug-likeness (QED) is 0.0205. The van der Waals surface area contributed by atoms with Gasteiger partial charge in [0.1, 0.15) is 19.3 Å². The van der Waals surface area contributed by atoms with E-state index in [2.05, 4.69) is 26.1 Å². The van der Waals surface area contributed by atoms with E-state index < -0.39 is 20.0 Å². The predicted octanol–water partition coefficient (Wildman–Crippen LogP) is 18.8. The van der Waals surface area contributed by atoms with Crippen molar-refractivity contribution < 1.29 is 37.3 Å². The summed E-state index contributed by atoms with van der Waals surface area (Å²) in [7, 11) is 1.52. The Hall–Kier alpha value is -1.25. The average molecular weight is 1030 g/mol. The Morgan fingerprint density at radius 1 is 0.479 bits per heavy atom. The maximum Gasteiger partial charge on any atom is 0.472 e. The van der Waals surface area contributed by atoms with Gasteiger partial charge in [0.2, 0.25) is 5.91 Å². The molecule has 0 aromatic heterocycles. The van der Waals surface area contributed by atoms with E-state index >= 15 is 0 Å². The van der Waals surface area contributed by atoms with Gasteiger partial charge in [-0.3, -0.25) is 18.6 Å². The topological polar surface area (TPSA) is 111 Å². The van der Waals surface area contributed by atoms with E-state index in [-0.39, 0.29) is 25.1 Å². The highest BCUT2D eigenvalue weighted by molar-refractivity contribution is 7.47. The van der Waals surface area contributed by atoms with Crippen molar-refractivity contribution >= 4 is 19.7 Å². The first-order valence-corrected chi connectivity index (χ1v) is 32.5. The van der Waals surface area contributed by atoms with Crippen LogP contribution in [0.4, 0.5) is 0 Å². The lowest BCUT2D eigenvalue weighted by Crippen LogP contribution is -2.47. The second-order valence-electron chi connectivity index (χ2n) is 22.6. The van der Waals surface area contributed by atoms with Gasteiger partial charge in [0, 0.05) is 12.8 Å². The van der Waals surface area contributed by atoms with E-state index in [0.717, 1.165) is 57.8 Å². The molecule has 3 atom stereocenters. The fourth-order valence-corrected chi connectivity index (χ4v) is 10.1. The molecule has 422 valence electrons. The fraction of sp³-hybridized carbons (Fsp3) is 0.934. The monoisotopic (exact) mass is 1030 g/mol. The molecule has 0 aliphatic carbocycles. The van der Waals surface area contributed by atoms with E-state index in [0.29, 0.717) is 23.9 Å². The second kappa shape index (κ2) is 52.2. The molecule has 1 amide bonds. The summed E-state index contributed by atoms with van der Waals surface area (Å²) < 4.78 is 30.7. The number of hydrogen-bond acceptors (Lipinski definition) is 6. The summed E-state index contributed by atoms with van der Waals surface area (Å²) in [5.41, 5.74) is 0. The van der Waals surface area contributed by atoms with Crippen molar-refractivity contribution in [1.82, 2.24) is 5.32 Å². The third-order valence-electron chi connectivity index (χ3n) is 14.2. The number of hydrogen-bond donors (Lipinski definition) is 2. The average Bonchev–Trinajstić information content (AvgIpc) is 3.33. The molecule has 0 heterocycles. The molecule has 0 rings (SSSR count). The number of amides is 1. The van der Waals surface area contributed by atoms with Gasteiger partial charge in [-0.25, -0.2) is 4.57 Å². The van der Waals surface area contributed by atoms with Gasteiger partial charge in [-0.15, -0.1) is 0 Å². The molecule has 0 aliphatic heterocycles. The zero-order valence-electron chi connectivity index (χ0n) is 48.2. The van der Waals surface area contributed by atoms with Crippen molar-refractivity contribution in [2.45, 2.75) is 328 Å². The fourth-order valence-electron chi connectivity index (χ4n) is 9.41. The van der Waals surface area contributed by atoms with Gasteiger partial charge in [-0.1, -0.05) is 284 Å². The lowest BCUT2D eigenvalue weighted by Gasteiger charge is -2.27. The highest BCUT2D eigenvalue weighted by Gasteiger charge is 2.30. The van der Waals surface area contributed by atoms with Crippen molar-refractivity contribution in [3.63, 3.8) is 0 Å². The molecule has 0 aliphatic rings. The number of phosphoric ester groups is 1. The Morgan fingerprint density at radius 2 is 0.803 bits per heavy atom. The van der Waals surface area contributed by atoms with Crippen LogP contribution in [0.15, 0.2) is 12.2 Å². The van der Waals surface area contributed by atoms with Crippen LogP contribution in [0, 0.1) is 0 Å². The number of phosphoric acid groups is 1. The molecule has 10 heteroatoms. The number of unbranched alkanes of at least 4 members (excludes halogenated alkanes) is 41. The molecule has 0 aromatic carbocycles. The molecule has 0 spiro atoms. The molecule has 0 saturated carbocycles. The zero-order valence-corrected chi connectivity index (χ0v) is 49.1. The largest absolute Gasteiger partial charge is 0.472 e. The minimum absolute atomic E-state index is 0.0456. The Bertz CT molecular complexity index is 1230. The van der Waals surface area contributed by atoms with Crippen molar-refractivity contribution in [3.05, 3.63) is 12.2 Å². The summed E-state index contributed by atoms with van der Waals surface area (Å²) in [6, 6.07) is -0.838. The van der Waals surface area contributed by atoms with Gasteiger partial charge in [0.05, 0.1) is 33.8 Å². The van der Waals surface area contributed by atoms with E-state index in [1.165, 1.54) is 225 Å². The van der Waals surface area contributed by atoms with E-state index in [9.17, 15) is 19.0 Å². The Labute approximate surface area is 441 Å². The molecule has 0 fully saturated rings. The number of carbonyl (C=O) groups is 2. The van der Waals surface area contributed by atoms with Crippen LogP contribution in [0.5, 0.6) is 0 Å². The summed E-state index contributed by atoms with van der Waals surface area (Å²) in [6.45, 7) is 7.06. The molecule has 0 aromatic rings. The lowest BCUT2D eigenvalue weighted by atomic mass is 10.0. The smallest absolute Gasteiger partial charge is 0.456 e. The van der Waals surface area contributed by atoms with Gasteiger partial charge < -0.3 is 19.4 Å². The highest BCUT2D eigenvalue weighted by Crippen LogP contribution is 2.43. The number of carbonyl (C=O) groups excluding carboxylic acids is 2. The van der Waals surface area contributed by atoms with Crippen molar-refractivity contribution in [2.24, 2.45) is 0 Å². The first-order chi connectivity index (χ1) is 34.4. The third kappa shape index (κ3) is 53.4. The number of quaternary nitrogens is 1. The van der Waals surface area contributed by atoms with Crippen LogP contribution in [0.25, 0.3) is 0 Å². The van der Waals surface area contributed by atoms with Crippen molar-refractivity contribution in [2.75, 3.05) is 40.9 Å². The van der Waals surface area contributed by atoms with E-state index in [1.54, 1.807) is 0 Å². The zero-order chi connectivity index (χ0) is 52.2. The summed E-state index contributed by atoms with van der Waals surface area (Å²) in [4.78, 5) is 37.6. The molecule has 2 N–H and O–H groups in total. The van der Waals surface area contributed by atoms with Gasteiger partial charge in [0.25, 0.3) is 0 Å². The van der Waals surface area contributed by atoms with Crippen LogP contribution >= 0.6 is 7.82 Å². The van der Waals surface area contributed by atoms with Gasteiger partial charge in [-0.05, 0) is 31.8 Å². The van der Waals surface area contributed by atoms with Gasteiger partial charge >= 0.3 is 13.8 Å². The predicted molar refractivity (Wildman–Crippen MR) is 305 cm³/mol. The molecule has 0 bridgehead atoms. The number of allylic oxidation sites excluding steroid dienone is 1. The molecule has 9 nitrogen and oxygen atoms in total. The molecule has 0 radical (unpaired) electrons. The van der Waals surface area contributed by atoms with Crippen LogP contribution in [0.3, 0.4) is 0 Å². The first-order valence-electron chi connectivity index (χ1n) is 31.0. The number of nitrogens with zero attached hydrogens (tertiary/aromatic N) is 1. The molecule has 71 heavy (non-hydrogen) atoms.